The molecule has 1 aromatic carbocycles. The van der Waals surface area contributed by atoms with Crippen LogP contribution in [0.25, 0.3) is 11.0 Å². The van der Waals surface area contributed by atoms with Crippen LogP contribution < -0.4 is 19.7 Å². The first-order valence-electron chi connectivity index (χ1n) is 10.4. The van der Waals surface area contributed by atoms with Gasteiger partial charge in [-0.3, -0.25) is 23.9 Å². The second-order valence-corrected chi connectivity index (χ2v) is 11.0. The molecule has 1 saturated heterocycles. The van der Waals surface area contributed by atoms with Crippen molar-refractivity contribution >= 4 is 85.9 Å². The van der Waals surface area contributed by atoms with E-state index < -0.39 is 11.9 Å². The number of hydrogen-bond donors (Lipinski definition) is 2. The van der Waals surface area contributed by atoms with Crippen molar-refractivity contribution in [3.63, 3.8) is 0 Å². The summed E-state index contributed by atoms with van der Waals surface area (Å²) in [4.78, 5) is 52.9. The van der Waals surface area contributed by atoms with E-state index >= 15 is 0 Å². The number of aromatic carboxylic acids is 1. The van der Waals surface area contributed by atoms with Gasteiger partial charge < -0.3 is 15.1 Å². The van der Waals surface area contributed by atoms with Crippen LogP contribution in [0.5, 0.6) is 0 Å². The summed E-state index contributed by atoms with van der Waals surface area (Å²) in [6.07, 6.45) is 3.24. The lowest BCUT2D eigenvalue weighted by Gasteiger charge is -2.17. The lowest BCUT2D eigenvalue weighted by atomic mass is 10.2. The molecule has 2 aromatic rings. The third-order valence-corrected chi connectivity index (χ3v) is 9.08. The Morgan fingerprint density at radius 3 is 2.40 bits per heavy atom. The number of rotatable bonds is 6. The summed E-state index contributed by atoms with van der Waals surface area (Å²) in [5.41, 5.74) is 0.268. The molecule has 0 atom stereocenters. The molecular weight excluding hydrogens is 531 g/mol. The molecule has 9 nitrogen and oxygen atoms in total. The Morgan fingerprint density at radius 2 is 1.80 bits per heavy atom. The van der Waals surface area contributed by atoms with Crippen molar-refractivity contribution in [3.8, 4) is 0 Å². The average Bonchev–Trinajstić information content (AvgIpc) is 3.41. The topological polar surface area (TPSA) is 120 Å². The summed E-state index contributed by atoms with van der Waals surface area (Å²) in [6, 6.07) is 4.53. The summed E-state index contributed by atoms with van der Waals surface area (Å²) < 4.78 is 2.90. The molecule has 13 heteroatoms. The molecule has 1 aromatic heterocycles. The van der Waals surface area contributed by atoms with Gasteiger partial charge in [0.25, 0.3) is 11.5 Å². The molecule has 0 radical (unpaired) electrons. The fraction of sp³-hybridized carbons (Fsp3) is 0.227. The van der Waals surface area contributed by atoms with Crippen LogP contribution in [0, 0.1) is 0 Å². The second-order valence-electron chi connectivity index (χ2n) is 7.31. The lowest BCUT2D eigenvalue weighted by molar-refractivity contribution is -0.135. The highest BCUT2D eigenvalue weighted by Crippen LogP contribution is 2.46. The van der Waals surface area contributed by atoms with Gasteiger partial charge in [-0.1, -0.05) is 35.7 Å². The molecule has 0 spiro atoms. The van der Waals surface area contributed by atoms with Crippen LogP contribution in [0.4, 0.5) is 5.69 Å². The van der Waals surface area contributed by atoms with Crippen molar-refractivity contribution in [1.82, 2.24) is 9.47 Å². The van der Waals surface area contributed by atoms with E-state index in [2.05, 4.69) is 0 Å². The van der Waals surface area contributed by atoms with Crippen molar-refractivity contribution in [1.29, 1.82) is 0 Å². The molecule has 1 amide bonds. The first kappa shape index (κ1) is 25.2. The van der Waals surface area contributed by atoms with Gasteiger partial charge in [0.2, 0.25) is 0 Å². The zero-order chi connectivity index (χ0) is 25.4. The van der Waals surface area contributed by atoms with Gasteiger partial charge in [-0.2, -0.15) is 0 Å². The Morgan fingerprint density at radius 1 is 1.06 bits per heavy atom. The summed E-state index contributed by atoms with van der Waals surface area (Å²) in [6.45, 7) is 4.10. The van der Waals surface area contributed by atoms with Crippen molar-refractivity contribution in [2.75, 3.05) is 18.0 Å². The van der Waals surface area contributed by atoms with Gasteiger partial charge in [-0.25, -0.2) is 4.79 Å². The van der Waals surface area contributed by atoms with Crippen LogP contribution in [0.3, 0.4) is 0 Å². The predicted octanol–water partition coefficient (Wildman–Crippen LogP) is 1.94. The second kappa shape index (κ2) is 10.0. The molecule has 2 N–H and O–H groups in total. The monoisotopic (exact) mass is 549 g/mol. The fourth-order valence-electron chi connectivity index (χ4n) is 3.59. The number of carbonyl (C=O) groups excluding carboxylic acids is 1. The SMILES string of the molecule is CCN1C(=O)C(=c2sc(=CC=C3Sc4ccc(C(=O)O)cc4N3CC(=O)O)c(=O)n2CC)SC1=S. The van der Waals surface area contributed by atoms with E-state index in [9.17, 15) is 29.4 Å². The van der Waals surface area contributed by atoms with E-state index in [1.54, 1.807) is 18.2 Å². The van der Waals surface area contributed by atoms with Crippen LogP contribution in [0.2, 0.25) is 0 Å². The van der Waals surface area contributed by atoms with E-state index in [4.69, 9.17) is 12.2 Å². The highest BCUT2D eigenvalue weighted by Gasteiger charge is 2.33. The van der Waals surface area contributed by atoms with Crippen LogP contribution in [0.15, 0.2) is 39.0 Å². The van der Waals surface area contributed by atoms with Crippen LogP contribution >= 0.6 is 47.1 Å². The molecule has 2 aliphatic heterocycles. The number of thiazole rings is 1. The number of carbonyl (C=O) groups is 3. The Balaban J connectivity index is 1.82. The van der Waals surface area contributed by atoms with Gasteiger partial charge in [-0.15, -0.1) is 11.3 Å². The normalized spacial score (nSPS) is 18.7. The maximum atomic E-state index is 13.1. The number of fused-ring (bicyclic) bond motifs is 1. The molecule has 0 bridgehead atoms. The van der Waals surface area contributed by atoms with Gasteiger partial charge in [0.15, 0.2) is 0 Å². The predicted molar refractivity (Wildman–Crippen MR) is 141 cm³/mol. The van der Waals surface area contributed by atoms with Crippen LogP contribution in [-0.4, -0.2) is 54.9 Å². The van der Waals surface area contributed by atoms with E-state index in [0.29, 0.717) is 47.1 Å². The molecule has 2 aliphatic rings. The quantitative estimate of drug-likeness (QED) is 0.517. The van der Waals surface area contributed by atoms with E-state index in [1.807, 2.05) is 13.8 Å². The van der Waals surface area contributed by atoms with Crippen molar-refractivity contribution in [2.45, 2.75) is 25.3 Å². The minimum absolute atomic E-state index is 0.0495. The van der Waals surface area contributed by atoms with Crippen molar-refractivity contribution in [3.05, 3.63) is 54.4 Å². The molecule has 0 aliphatic carbocycles. The molecule has 3 heterocycles. The summed E-state index contributed by atoms with van der Waals surface area (Å²) in [7, 11) is 0. The standard InChI is InChI=1S/C22H19N3O6S4/c1-3-23-18(28)14(34-20(23)17-19(29)24(4-2)22(32)35-17)7-8-15-25(10-16(26)27)12-9-11(21(30)31)5-6-13(12)33-15/h5-9H,3-4,10H2,1-2H3,(H,26,27)(H,30,31). The fourth-order valence-corrected chi connectivity index (χ4v) is 7.28. The molecular formula is C22H19N3O6S4. The Hall–Kier alpha value is -2.87. The number of carboxylic acids is 2. The highest BCUT2D eigenvalue weighted by molar-refractivity contribution is 8.30. The number of thioether (sulfide) groups is 2. The minimum atomic E-state index is -1.11. The third kappa shape index (κ3) is 4.68. The number of carboxylic acid groups (broad SMARTS) is 2. The number of aliphatic carboxylic acids is 1. The van der Waals surface area contributed by atoms with Gasteiger partial charge in [0, 0.05) is 18.0 Å². The van der Waals surface area contributed by atoms with Gasteiger partial charge in [0.1, 0.15) is 20.4 Å². The number of thiocarbonyl (C=S) groups is 1. The number of benzene rings is 1. The number of amides is 1. The number of anilines is 1. The largest absolute Gasteiger partial charge is 0.480 e. The smallest absolute Gasteiger partial charge is 0.335 e. The van der Waals surface area contributed by atoms with Gasteiger partial charge >= 0.3 is 11.9 Å². The van der Waals surface area contributed by atoms with Crippen molar-refractivity contribution in [2.24, 2.45) is 0 Å². The van der Waals surface area contributed by atoms with E-state index in [0.717, 1.165) is 0 Å². The first-order valence-corrected chi connectivity index (χ1v) is 13.3. The minimum Gasteiger partial charge on any atom is -0.480 e. The Bertz CT molecular complexity index is 1490. The van der Waals surface area contributed by atoms with Gasteiger partial charge in [-0.05, 0) is 44.2 Å². The zero-order valence-corrected chi connectivity index (χ0v) is 21.8. The number of allylic oxidation sites excluding steroid dienone is 1. The summed E-state index contributed by atoms with van der Waals surface area (Å²) >= 11 is 8.94. The molecule has 1 fully saturated rings. The highest BCUT2D eigenvalue weighted by atomic mass is 32.2. The maximum Gasteiger partial charge on any atom is 0.335 e. The number of nitrogens with zero attached hydrogens (tertiary/aromatic N) is 3. The number of hydrogen-bond acceptors (Lipinski definition) is 9. The molecule has 0 saturated carbocycles. The van der Waals surface area contributed by atoms with Crippen LogP contribution in [0.1, 0.15) is 24.2 Å². The Labute approximate surface area is 217 Å². The van der Waals surface area contributed by atoms with E-state index in [1.165, 1.54) is 61.4 Å². The molecule has 0 unspecified atom stereocenters. The maximum absolute atomic E-state index is 13.1. The molecule has 35 heavy (non-hydrogen) atoms. The first-order chi connectivity index (χ1) is 16.7. The molecule has 4 rings (SSSR count). The van der Waals surface area contributed by atoms with Crippen LogP contribution in [-0.2, 0) is 16.1 Å². The van der Waals surface area contributed by atoms with Gasteiger partial charge in [0.05, 0.1) is 20.8 Å². The third-order valence-electron chi connectivity index (χ3n) is 5.23. The molecule has 182 valence electrons. The number of aromatic nitrogens is 1. The summed E-state index contributed by atoms with van der Waals surface area (Å²) in [5.74, 6) is -2.41. The average molecular weight is 550 g/mol. The zero-order valence-electron chi connectivity index (χ0n) is 18.5. The lowest BCUT2D eigenvalue weighted by Crippen LogP contribution is -2.33. The Kier molecular flexibility index (Phi) is 7.22. The summed E-state index contributed by atoms with van der Waals surface area (Å²) in [5, 5.41) is 19.2. The van der Waals surface area contributed by atoms with Crippen molar-refractivity contribution < 1.29 is 24.6 Å². The van der Waals surface area contributed by atoms with E-state index in [-0.39, 0.29) is 23.6 Å².